The van der Waals surface area contributed by atoms with E-state index < -0.39 is 23.4 Å². The number of aliphatic imine (C=N–C) groups is 1. The van der Waals surface area contributed by atoms with Crippen molar-refractivity contribution in [1.82, 2.24) is 19.5 Å². The number of pyridine rings is 2. The van der Waals surface area contributed by atoms with Crippen molar-refractivity contribution < 1.29 is 32.2 Å². The summed E-state index contributed by atoms with van der Waals surface area (Å²) in [5.41, 5.74) is 0.346. The minimum absolute atomic E-state index is 0.103. The Balaban J connectivity index is 1.64. The lowest BCUT2D eigenvalue weighted by Crippen LogP contribution is -2.42. The first-order chi connectivity index (χ1) is 21.2. The molecule has 1 amide bonds. The number of fused-ring (bicyclic) bond motifs is 1. The molecule has 1 aliphatic heterocycles. The van der Waals surface area contributed by atoms with Crippen molar-refractivity contribution >= 4 is 23.0 Å². The van der Waals surface area contributed by atoms with Crippen molar-refractivity contribution in [2.45, 2.75) is 64.5 Å². The maximum absolute atomic E-state index is 13.4. The Bertz CT molecular complexity index is 1630. The highest BCUT2D eigenvalue weighted by atomic mass is 19.4. The summed E-state index contributed by atoms with van der Waals surface area (Å²) in [5, 5.41) is 18.0. The molecule has 240 valence electrons. The number of rotatable bonds is 8. The molecule has 15 heteroatoms. The summed E-state index contributed by atoms with van der Waals surface area (Å²) in [6, 6.07) is 4.48. The van der Waals surface area contributed by atoms with E-state index >= 15 is 0 Å². The molecule has 0 radical (unpaired) electrons. The highest BCUT2D eigenvalue weighted by Gasteiger charge is 2.32. The van der Waals surface area contributed by atoms with Gasteiger partial charge in [0.2, 0.25) is 0 Å². The molecule has 1 atom stereocenters. The summed E-state index contributed by atoms with van der Waals surface area (Å²) in [6.45, 7) is 8.04. The Kier molecular flexibility index (Phi) is 9.97. The molecule has 3 aromatic rings. The SMILES string of the molecule is COCC(Oc1cc(/C(=N/N)C(C)=NC2CCN(C(=O)OC(C)(C)C)CC2)cn2ncc(C#N)c12)c1cncc(C(F)(F)F)c1. The Morgan fingerprint density at radius 1 is 1.20 bits per heavy atom. The summed E-state index contributed by atoms with van der Waals surface area (Å²) in [5.74, 6) is 5.97. The number of methoxy groups -OCH3 is 1. The summed E-state index contributed by atoms with van der Waals surface area (Å²) in [4.78, 5) is 22.7. The van der Waals surface area contributed by atoms with Crippen LogP contribution in [0.5, 0.6) is 5.75 Å². The predicted molar refractivity (Wildman–Crippen MR) is 159 cm³/mol. The topological polar surface area (TPSA) is 153 Å². The minimum atomic E-state index is -4.61. The molecule has 2 N–H and O–H groups in total. The maximum Gasteiger partial charge on any atom is 0.417 e. The summed E-state index contributed by atoms with van der Waals surface area (Å²) >= 11 is 0. The Morgan fingerprint density at radius 2 is 1.91 bits per heavy atom. The second kappa shape index (κ2) is 13.5. The number of carbonyl (C=O) groups excluding carboxylic acids is 1. The second-order valence-electron chi connectivity index (χ2n) is 11.5. The molecule has 0 aliphatic carbocycles. The van der Waals surface area contributed by atoms with Crippen LogP contribution >= 0.6 is 0 Å². The van der Waals surface area contributed by atoms with Crippen LogP contribution in [0.3, 0.4) is 0 Å². The number of halogens is 3. The fraction of sp³-hybridized carbons (Fsp3) is 0.467. The van der Waals surface area contributed by atoms with E-state index in [0.717, 1.165) is 12.3 Å². The van der Waals surface area contributed by atoms with Gasteiger partial charge in [0.05, 0.1) is 30.1 Å². The number of nitriles is 1. The van der Waals surface area contributed by atoms with E-state index in [4.69, 9.17) is 25.0 Å². The van der Waals surface area contributed by atoms with Crippen LogP contribution in [-0.2, 0) is 15.7 Å². The van der Waals surface area contributed by atoms with Gasteiger partial charge in [0.1, 0.15) is 40.3 Å². The van der Waals surface area contributed by atoms with Crippen LogP contribution in [0.1, 0.15) is 68.9 Å². The van der Waals surface area contributed by atoms with Gasteiger partial charge in [-0.3, -0.25) is 9.98 Å². The average Bonchev–Trinajstić information content (AvgIpc) is 3.40. The molecule has 0 bridgehead atoms. The standard InChI is InChI=1S/C30H35F3N8O4/c1-18(38-23-6-8-40(9-7-23)28(42)45-29(2,3)4)26(39-35)20-11-24(27-21(12-34)14-37-41(27)16-20)44-25(17-43-5)19-10-22(15-36-13-19)30(31,32)33/h10-11,13-16,23,25H,6-9,17,35H2,1-5H3/b38-18?,39-26+. The van der Waals surface area contributed by atoms with Gasteiger partial charge < -0.3 is 25.0 Å². The Hall–Kier alpha value is -4.71. The maximum atomic E-state index is 13.4. The highest BCUT2D eigenvalue weighted by molar-refractivity contribution is 6.47. The van der Waals surface area contributed by atoms with Crippen molar-refractivity contribution in [2.24, 2.45) is 15.9 Å². The van der Waals surface area contributed by atoms with E-state index in [9.17, 15) is 23.2 Å². The smallest absolute Gasteiger partial charge is 0.417 e. The molecule has 0 spiro atoms. The van der Waals surface area contributed by atoms with Crippen LogP contribution < -0.4 is 10.6 Å². The molecule has 12 nitrogen and oxygen atoms in total. The van der Waals surface area contributed by atoms with E-state index in [-0.39, 0.29) is 35.6 Å². The number of hydrazone groups is 1. The number of piperidine rings is 1. The van der Waals surface area contributed by atoms with Gasteiger partial charge in [-0.1, -0.05) is 0 Å². The number of aromatic nitrogens is 3. The van der Waals surface area contributed by atoms with Crippen LogP contribution in [0.2, 0.25) is 0 Å². The lowest BCUT2D eigenvalue weighted by Gasteiger charge is -2.32. The van der Waals surface area contributed by atoms with Crippen LogP contribution in [0.25, 0.3) is 5.52 Å². The zero-order valence-electron chi connectivity index (χ0n) is 25.6. The molecule has 1 aliphatic rings. The van der Waals surface area contributed by atoms with Gasteiger partial charge in [-0.05, 0) is 52.7 Å². The molecule has 45 heavy (non-hydrogen) atoms. The monoisotopic (exact) mass is 628 g/mol. The van der Waals surface area contributed by atoms with Crippen LogP contribution in [0, 0.1) is 11.3 Å². The first-order valence-electron chi connectivity index (χ1n) is 14.1. The van der Waals surface area contributed by atoms with Gasteiger partial charge in [-0.15, -0.1) is 0 Å². The molecule has 3 aromatic heterocycles. The van der Waals surface area contributed by atoms with Crippen molar-refractivity contribution in [3.8, 4) is 11.8 Å². The molecule has 1 unspecified atom stereocenters. The molecule has 4 heterocycles. The Labute approximate surface area is 258 Å². The van der Waals surface area contributed by atoms with Crippen molar-refractivity contribution in [2.75, 3.05) is 26.8 Å². The second-order valence-corrected chi connectivity index (χ2v) is 11.5. The molecule has 1 saturated heterocycles. The summed E-state index contributed by atoms with van der Waals surface area (Å²) in [7, 11) is 1.39. The van der Waals surface area contributed by atoms with Gasteiger partial charge in [-0.25, -0.2) is 9.31 Å². The van der Waals surface area contributed by atoms with Crippen LogP contribution in [0.15, 0.2) is 47.0 Å². The fourth-order valence-corrected chi connectivity index (χ4v) is 4.89. The molecule has 0 saturated carbocycles. The van der Waals surface area contributed by atoms with Crippen LogP contribution in [0.4, 0.5) is 18.0 Å². The third kappa shape index (κ3) is 8.07. The number of nitrogens with two attached hydrogens (primary N) is 1. The average molecular weight is 629 g/mol. The van der Waals surface area contributed by atoms with E-state index in [0.29, 0.717) is 48.4 Å². The normalized spacial score (nSPS) is 16.0. The zero-order valence-corrected chi connectivity index (χ0v) is 25.6. The molecular weight excluding hydrogens is 593 g/mol. The van der Waals surface area contributed by atoms with Gasteiger partial charge in [0.25, 0.3) is 0 Å². The highest BCUT2D eigenvalue weighted by Crippen LogP contribution is 2.33. The molecule has 0 aromatic carbocycles. The molecule has 4 rings (SSSR count). The van der Waals surface area contributed by atoms with Crippen LogP contribution in [-0.4, -0.2) is 75.5 Å². The van der Waals surface area contributed by atoms with Crippen molar-refractivity contribution in [1.29, 1.82) is 5.26 Å². The number of ether oxygens (including phenoxy) is 3. The largest absolute Gasteiger partial charge is 0.481 e. The van der Waals surface area contributed by atoms with Gasteiger partial charge >= 0.3 is 12.3 Å². The first-order valence-corrected chi connectivity index (χ1v) is 14.1. The van der Waals surface area contributed by atoms with Gasteiger partial charge in [0.15, 0.2) is 0 Å². The number of nitrogens with zero attached hydrogens (tertiary/aromatic N) is 7. The molecular formula is C30H35F3N8O4. The van der Waals surface area contributed by atoms with E-state index in [1.807, 2.05) is 20.8 Å². The number of carbonyl (C=O) groups is 1. The fourth-order valence-electron chi connectivity index (χ4n) is 4.89. The zero-order chi connectivity index (χ0) is 32.9. The lowest BCUT2D eigenvalue weighted by atomic mass is 10.0. The number of hydrogen-bond acceptors (Lipinski definition) is 10. The molecule has 1 fully saturated rings. The van der Waals surface area contributed by atoms with Crippen molar-refractivity contribution in [3.05, 3.63) is 59.2 Å². The quantitative estimate of drug-likeness (QED) is 0.210. The van der Waals surface area contributed by atoms with E-state index in [1.165, 1.54) is 24.0 Å². The summed E-state index contributed by atoms with van der Waals surface area (Å²) in [6.07, 6.45) is 0.167. The predicted octanol–water partition coefficient (Wildman–Crippen LogP) is 4.91. The summed E-state index contributed by atoms with van der Waals surface area (Å²) < 4.78 is 58.7. The third-order valence-corrected chi connectivity index (χ3v) is 6.98. The van der Waals surface area contributed by atoms with Crippen molar-refractivity contribution in [3.63, 3.8) is 0 Å². The van der Waals surface area contributed by atoms with E-state index in [1.54, 1.807) is 24.1 Å². The number of amides is 1. The third-order valence-electron chi connectivity index (χ3n) is 6.98. The first kappa shape index (κ1) is 33.2. The minimum Gasteiger partial charge on any atom is -0.481 e. The number of hydrogen-bond donors (Lipinski definition) is 1. The van der Waals surface area contributed by atoms with E-state index in [2.05, 4.69) is 21.3 Å². The van der Waals surface area contributed by atoms with Gasteiger partial charge in [-0.2, -0.15) is 28.6 Å². The Morgan fingerprint density at radius 3 is 2.51 bits per heavy atom. The lowest BCUT2D eigenvalue weighted by molar-refractivity contribution is -0.138. The number of alkyl halides is 3. The van der Waals surface area contributed by atoms with Gasteiger partial charge in [0, 0.05) is 49.9 Å². The number of likely N-dealkylation sites (tertiary alicyclic amines) is 1.